The first-order valence-electron chi connectivity index (χ1n) is 8.30. The molecule has 2 aliphatic heterocycles. The Hall–Kier alpha value is -2.08. The van der Waals surface area contributed by atoms with E-state index in [4.69, 9.17) is 4.74 Å². The molecule has 6 nitrogen and oxygen atoms in total. The van der Waals surface area contributed by atoms with Crippen LogP contribution in [0.5, 0.6) is 5.88 Å². The van der Waals surface area contributed by atoms with Crippen LogP contribution in [0.4, 0.5) is 10.5 Å². The summed E-state index contributed by atoms with van der Waals surface area (Å²) in [6.45, 7) is 6.21. The van der Waals surface area contributed by atoms with Crippen molar-refractivity contribution in [1.29, 1.82) is 0 Å². The number of aromatic nitrogens is 1. The number of urea groups is 1. The van der Waals surface area contributed by atoms with Crippen molar-refractivity contribution < 1.29 is 9.53 Å². The summed E-state index contributed by atoms with van der Waals surface area (Å²) in [6, 6.07) is 4.14. The molecule has 1 fully saturated rings. The van der Waals surface area contributed by atoms with Gasteiger partial charge >= 0.3 is 6.03 Å². The molecule has 3 heterocycles. The number of likely N-dealkylation sites (tertiary alicyclic amines) is 1. The molecular weight excluding hydrogens is 292 g/mol. The Balaban J connectivity index is 1.47. The summed E-state index contributed by atoms with van der Waals surface area (Å²) in [6.07, 6.45) is 8.15. The average Bonchev–Trinajstić information content (AvgIpc) is 3.11. The van der Waals surface area contributed by atoms with Gasteiger partial charge < -0.3 is 15.0 Å². The van der Waals surface area contributed by atoms with Crippen molar-refractivity contribution in [3.05, 3.63) is 30.5 Å². The Morgan fingerprint density at radius 2 is 2.04 bits per heavy atom. The number of carbonyl (C=O) groups is 1. The number of piperidine rings is 1. The molecule has 0 aromatic carbocycles. The third-order valence-corrected chi connectivity index (χ3v) is 4.39. The minimum Gasteiger partial charge on any atom is -0.478 e. The number of nitrogens with zero attached hydrogens (tertiary/aromatic N) is 3. The molecule has 0 bridgehead atoms. The number of anilines is 1. The van der Waals surface area contributed by atoms with Crippen LogP contribution >= 0.6 is 0 Å². The number of nitrogens with one attached hydrogen (secondary N) is 1. The zero-order chi connectivity index (χ0) is 16.1. The van der Waals surface area contributed by atoms with E-state index < -0.39 is 0 Å². The molecule has 3 rings (SSSR count). The highest BCUT2D eigenvalue weighted by Crippen LogP contribution is 2.19. The number of ether oxygens (including phenoxy) is 1. The smallest absolute Gasteiger partial charge is 0.321 e. The van der Waals surface area contributed by atoms with E-state index in [1.807, 2.05) is 17.9 Å². The maximum absolute atomic E-state index is 12.3. The van der Waals surface area contributed by atoms with Gasteiger partial charge in [0.25, 0.3) is 0 Å². The van der Waals surface area contributed by atoms with Crippen LogP contribution in [0.25, 0.3) is 0 Å². The van der Waals surface area contributed by atoms with Gasteiger partial charge in [-0.2, -0.15) is 0 Å². The van der Waals surface area contributed by atoms with Gasteiger partial charge in [0.05, 0.1) is 18.5 Å². The molecule has 0 saturated carbocycles. The lowest BCUT2D eigenvalue weighted by atomic mass is 10.0. The van der Waals surface area contributed by atoms with Gasteiger partial charge in [-0.05, 0) is 25.8 Å². The molecule has 0 atom stereocenters. The van der Waals surface area contributed by atoms with Crippen LogP contribution in [0.15, 0.2) is 30.5 Å². The highest BCUT2D eigenvalue weighted by molar-refractivity contribution is 5.89. The molecule has 0 radical (unpaired) electrons. The molecule has 0 unspecified atom stereocenters. The van der Waals surface area contributed by atoms with Crippen LogP contribution in [0, 0.1) is 0 Å². The Morgan fingerprint density at radius 1 is 1.30 bits per heavy atom. The predicted molar refractivity (Wildman–Crippen MR) is 89.7 cm³/mol. The van der Waals surface area contributed by atoms with E-state index in [0.717, 1.165) is 39.0 Å². The molecule has 0 aliphatic carbocycles. The van der Waals surface area contributed by atoms with E-state index in [2.05, 4.69) is 27.4 Å². The molecule has 2 aliphatic rings. The van der Waals surface area contributed by atoms with Crippen LogP contribution in [0.3, 0.4) is 0 Å². The normalized spacial score (nSPS) is 19.1. The molecule has 1 N–H and O–H groups in total. The highest BCUT2D eigenvalue weighted by atomic mass is 16.5. The minimum absolute atomic E-state index is 0.0473. The number of pyridine rings is 1. The fraction of sp³-hybridized carbons (Fsp3) is 0.529. The van der Waals surface area contributed by atoms with Crippen LogP contribution in [0.2, 0.25) is 0 Å². The topological polar surface area (TPSA) is 57.7 Å². The number of amides is 2. The van der Waals surface area contributed by atoms with Gasteiger partial charge in [-0.25, -0.2) is 9.78 Å². The second kappa shape index (κ2) is 7.46. The molecular formula is C17H24N4O2. The van der Waals surface area contributed by atoms with Gasteiger partial charge in [0.1, 0.15) is 0 Å². The maximum Gasteiger partial charge on any atom is 0.321 e. The maximum atomic E-state index is 12.3. The molecule has 1 aromatic rings. The monoisotopic (exact) mass is 316 g/mol. The second-order valence-corrected chi connectivity index (χ2v) is 5.89. The van der Waals surface area contributed by atoms with Crippen molar-refractivity contribution in [1.82, 2.24) is 14.8 Å². The fourth-order valence-corrected chi connectivity index (χ4v) is 3.12. The zero-order valence-corrected chi connectivity index (χ0v) is 13.6. The largest absolute Gasteiger partial charge is 0.478 e. The van der Waals surface area contributed by atoms with Crippen molar-refractivity contribution in [2.24, 2.45) is 0 Å². The van der Waals surface area contributed by atoms with E-state index in [9.17, 15) is 4.79 Å². The number of hydrogen-bond acceptors (Lipinski definition) is 4. The molecule has 1 saturated heterocycles. The van der Waals surface area contributed by atoms with E-state index in [-0.39, 0.29) is 6.03 Å². The number of rotatable bonds is 4. The van der Waals surface area contributed by atoms with Crippen molar-refractivity contribution in [3.63, 3.8) is 0 Å². The summed E-state index contributed by atoms with van der Waals surface area (Å²) in [7, 11) is 0. The third kappa shape index (κ3) is 4.01. The van der Waals surface area contributed by atoms with Gasteiger partial charge in [0.15, 0.2) is 0 Å². The molecule has 124 valence electrons. The first kappa shape index (κ1) is 15.8. The molecule has 6 heteroatoms. The summed E-state index contributed by atoms with van der Waals surface area (Å²) < 4.78 is 5.30. The van der Waals surface area contributed by atoms with Crippen LogP contribution in [0.1, 0.15) is 19.8 Å². The van der Waals surface area contributed by atoms with Gasteiger partial charge in [0, 0.05) is 38.3 Å². The SMILES string of the molecule is CCOc1ccc(NC(=O)N2CCC(N3CC=CC3)CC2)cn1. The van der Waals surface area contributed by atoms with E-state index in [1.165, 1.54) is 0 Å². The third-order valence-electron chi connectivity index (χ3n) is 4.39. The summed E-state index contributed by atoms with van der Waals surface area (Å²) in [5, 5.41) is 2.91. The van der Waals surface area contributed by atoms with Gasteiger partial charge in [-0.1, -0.05) is 12.2 Å². The lowest BCUT2D eigenvalue weighted by molar-refractivity contribution is 0.144. The highest BCUT2D eigenvalue weighted by Gasteiger charge is 2.27. The Labute approximate surface area is 137 Å². The Morgan fingerprint density at radius 3 is 2.65 bits per heavy atom. The number of carbonyl (C=O) groups excluding carboxylic acids is 1. The predicted octanol–water partition coefficient (Wildman–Crippen LogP) is 2.35. The van der Waals surface area contributed by atoms with Gasteiger partial charge in [0.2, 0.25) is 5.88 Å². The Bertz CT molecular complexity index is 542. The average molecular weight is 316 g/mol. The summed E-state index contributed by atoms with van der Waals surface area (Å²) in [5.41, 5.74) is 0.698. The van der Waals surface area contributed by atoms with Crippen LogP contribution in [-0.4, -0.2) is 59.6 Å². The lowest BCUT2D eigenvalue weighted by Crippen LogP contribution is -2.47. The molecule has 23 heavy (non-hydrogen) atoms. The van der Waals surface area contributed by atoms with Crippen molar-refractivity contribution in [2.75, 3.05) is 38.1 Å². The second-order valence-electron chi connectivity index (χ2n) is 5.89. The van der Waals surface area contributed by atoms with E-state index in [1.54, 1.807) is 12.3 Å². The summed E-state index contributed by atoms with van der Waals surface area (Å²) in [4.78, 5) is 20.9. The summed E-state index contributed by atoms with van der Waals surface area (Å²) >= 11 is 0. The van der Waals surface area contributed by atoms with E-state index >= 15 is 0 Å². The zero-order valence-electron chi connectivity index (χ0n) is 13.6. The van der Waals surface area contributed by atoms with Crippen LogP contribution in [-0.2, 0) is 0 Å². The fourth-order valence-electron chi connectivity index (χ4n) is 3.12. The quantitative estimate of drug-likeness (QED) is 0.866. The van der Waals surface area contributed by atoms with Crippen molar-refractivity contribution in [2.45, 2.75) is 25.8 Å². The number of hydrogen-bond donors (Lipinski definition) is 1. The van der Waals surface area contributed by atoms with Crippen molar-refractivity contribution >= 4 is 11.7 Å². The van der Waals surface area contributed by atoms with E-state index in [0.29, 0.717) is 24.2 Å². The van der Waals surface area contributed by atoms with Crippen LogP contribution < -0.4 is 10.1 Å². The summed E-state index contributed by atoms with van der Waals surface area (Å²) in [5.74, 6) is 0.575. The molecule has 2 amide bonds. The lowest BCUT2D eigenvalue weighted by Gasteiger charge is -2.36. The first-order chi connectivity index (χ1) is 11.3. The van der Waals surface area contributed by atoms with Crippen molar-refractivity contribution in [3.8, 4) is 5.88 Å². The molecule has 1 aromatic heterocycles. The first-order valence-corrected chi connectivity index (χ1v) is 8.30. The standard InChI is InChI=1S/C17H24N4O2/c1-2-23-16-6-5-14(13-18-16)19-17(22)21-11-7-15(8-12-21)20-9-3-4-10-20/h3-6,13,15H,2,7-12H2,1H3,(H,19,22). The molecule has 0 spiro atoms. The Kier molecular flexibility index (Phi) is 5.12. The van der Waals surface area contributed by atoms with Gasteiger partial charge in [-0.3, -0.25) is 4.90 Å². The minimum atomic E-state index is -0.0473. The van der Waals surface area contributed by atoms with Gasteiger partial charge in [-0.15, -0.1) is 0 Å².